The third-order valence-corrected chi connectivity index (χ3v) is 4.65. The number of aliphatic carboxylic acids is 2. The minimum atomic E-state index is -1.16. The van der Waals surface area contributed by atoms with Crippen molar-refractivity contribution in [2.45, 2.75) is 37.6 Å². The first-order valence-electron chi connectivity index (χ1n) is 8.80. The first kappa shape index (κ1) is 19.7. The quantitative estimate of drug-likeness (QED) is 0.606. The molecule has 0 aliphatic carbocycles. The van der Waals surface area contributed by atoms with Gasteiger partial charge in [0, 0.05) is 5.92 Å². The molecule has 0 saturated heterocycles. The van der Waals surface area contributed by atoms with Crippen LogP contribution < -0.4 is 5.73 Å². The van der Waals surface area contributed by atoms with E-state index in [-0.39, 0.29) is 12.3 Å². The molecule has 0 aromatic heterocycles. The van der Waals surface area contributed by atoms with Crippen molar-refractivity contribution in [3.8, 4) is 0 Å². The molecule has 5 heteroatoms. The second-order valence-corrected chi connectivity index (χ2v) is 6.52. The Kier molecular flexibility index (Phi) is 7.36. The molecule has 2 atom stereocenters. The number of carboxylic acids is 2. The van der Waals surface area contributed by atoms with Crippen molar-refractivity contribution < 1.29 is 19.8 Å². The van der Waals surface area contributed by atoms with Crippen LogP contribution in [0.25, 0.3) is 0 Å². The zero-order chi connectivity index (χ0) is 18.9. The van der Waals surface area contributed by atoms with Crippen molar-refractivity contribution in [1.29, 1.82) is 0 Å². The van der Waals surface area contributed by atoms with Gasteiger partial charge in [-0.1, -0.05) is 67.1 Å². The predicted molar refractivity (Wildman–Crippen MR) is 99.9 cm³/mol. The van der Waals surface area contributed by atoms with Crippen LogP contribution in [0, 0.1) is 5.92 Å². The molecule has 26 heavy (non-hydrogen) atoms. The van der Waals surface area contributed by atoms with E-state index in [1.54, 1.807) is 0 Å². The van der Waals surface area contributed by atoms with Gasteiger partial charge in [-0.2, -0.15) is 0 Å². The summed E-state index contributed by atoms with van der Waals surface area (Å²) in [5, 5.41) is 18.3. The van der Waals surface area contributed by atoms with E-state index < -0.39 is 23.9 Å². The summed E-state index contributed by atoms with van der Waals surface area (Å²) >= 11 is 0. The smallest absolute Gasteiger partial charge is 0.320 e. The number of carbonyl (C=O) groups is 2. The Morgan fingerprint density at radius 2 is 1.31 bits per heavy atom. The van der Waals surface area contributed by atoms with Gasteiger partial charge in [0.15, 0.2) is 0 Å². The van der Waals surface area contributed by atoms with Crippen LogP contribution in [0.15, 0.2) is 60.7 Å². The van der Waals surface area contributed by atoms with Gasteiger partial charge in [-0.25, -0.2) is 0 Å². The second-order valence-electron chi connectivity index (χ2n) is 6.52. The number of nitrogens with two attached hydrogens (primary N) is 1. The van der Waals surface area contributed by atoms with Crippen LogP contribution in [0.1, 0.15) is 42.7 Å². The van der Waals surface area contributed by atoms with Crippen LogP contribution >= 0.6 is 0 Å². The van der Waals surface area contributed by atoms with Gasteiger partial charge >= 0.3 is 11.9 Å². The lowest BCUT2D eigenvalue weighted by atomic mass is 9.85. The number of hydrogen-bond donors (Lipinski definition) is 3. The molecule has 0 saturated carbocycles. The van der Waals surface area contributed by atoms with E-state index in [2.05, 4.69) is 24.3 Å². The molecule has 0 heterocycles. The Morgan fingerprint density at radius 1 is 0.808 bits per heavy atom. The summed E-state index contributed by atoms with van der Waals surface area (Å²) in [6.07, 6.45) is 1.83. The molecule has 0 spiro atoms. The maximum atomic E-state index is 11.4. The molecule has 2 aromatic carbocycles. The van der Waals surface area contributed by atoms with Crippen molar-refractivity contribution in [3.63, 3.8) is 0 Å². The molecule has 5 nitrogen and oxygen atoms in total. The highest BCUT2D eigenvalue weighted by Crippen LogP contribution is 2.30. The lowest BCUT2D eigenvalue weighted by Gasteiger charge is -2.20. The maximum absolute atomic E-state index is 11.4. The lowest BCUT2D eigenvalue weighted by Crippen LogP contribution is -2.34. The molecule has 2 aromatic rings. The lowest BCUT2D eigenvalue weighted by molar-refractivity contribution is -0.143. The maximum Gasteiger partial charge on any atom is 0.320 e. The van der Waals surface area contributed by atoms with Gasteiger partial charge in [-0.15, -0.1) is 0 Å². The van der Waals surface area contributed by atoms with Gasteiger partial charge in [0.05, 0.1) is 5.92 Å². The molecule has 0 bridgehead atoms. The summed E-state index contributed by atoms with van der Waals surface area (Å²) in [4.78, 5) is 22.3. The molecular weight excluding hydrogens is 330 g/mol. The van der Waals surface area contributed by atoms with Crippen molar-refractivity contribution in [1.82, 2.24) is 0 Å². The number of hydrogen-bond acceptors (Lipinski definition) is 3. The van der Waals surface area contributed by atoms with E-state index in [9.17, 15) is 14.7 Å². The van der Waals surface area contributed by atoms with E-state index in [0.717, 1.165) is 6.42 Å². The third kappa shape index (κ3) is 5.70. The average molecular weight is 355 g/mol. The Balaban J connectivity index is 2.05. The van der Waals surface area contributed by atoms with E-state index >= 15 is 0 Å². The monoisotopic (exact) mass is 355 g/mol. The highest BCUT2D eigenvalue weighted by molar-refractivity contribution is 5.75. The van der Waals surface area contributed by atoms with Crippen molar-refractivity contribution in [3.05, 3.63) is 71.8 Å². The summed E-state index contributed by atoms with van der Waals surface area (Å²) in [6, 6.07) is 19.1. The highest BCUT2D eigenvalue weighted by atomic mass is 16.4. The van der Waals surface area contributed by atoms with Gasteiger partial charge in [0.2, 0.25) is 0 Å². The average Bonchev–Trinajstić information content (AvgIpc) is 2.65. The van der Waals surface area contributed by atoms with E-state index in [4.69, 9.17) is 10.8 Å². The Bertz CT molecular complexity index is 663. The summed E-state index contributed by atoms with van der Waals surface area (Å²) < 4.78 is 0. The van der Waals surface area contributed by atoms with Crippen LogP contribution in [0.4, 0.5) is 0 Å². The van der Waals surface area contributed by atoms with Crippen LogP contribution in [0.5, 0.6) is 0 Å². The number of benzene rings is 2. The topological polar surface area (TPSA) is 101 Å². The van der Waals surface area contributed by atoms with Crippen LogP contribution in [0.3, 0.4) is 0 Å². The van der Waals surface area contributed by atoms with Crippen LogP contribution in [0.2, 0.25) is 0 Å². The van der Waals surface area contributed by atoms with E-state index in [1.807, 2.05) is 36.4 Å². The minimum Gasteiger partial charge on any atom is -0.481 e. The standard InChI is InChI=1S/C21H25NO4/c22-19(21(25)26)14-17(20(23)24)12-7-13-18(15-8-3-1-4-9-15)16-10-5-2-6-11-16/h1-6,8-11,17-19H,7,12-14,22H2,(H,23,24)(H,25,26)/t17-,19+/m1/s1. The van der Waals surface area contributed by atoms with Crippen LogP contribution in [-0.4, -0.2) is 28.2 Å². The third-order valence-electron chi connectivity index (χ3n) is 4.65. The molecule has 2 rings (SSSR count). The van der Waals surface area contributed by atoms with Crippen LogP contribution in [-0.2, 0) is 9.59 Å². The second kappa shape index (κ2) is 9.73. The molecule has 4 N–H and O–H groups in total. The first-order chi connectivity index (χ1) is 12.5. The van der Waals surface area contributed by atoms with E-state index in [1.165, 1.54) is 11.1 Å². The zero-order valence-corrected chi connectivity index (χ0v) is 14.6. The fraction of sp³-hybridized carbons (Fsp3) is 0.333. The molecular formula is C21H25NO4. The van der Waals surface area contributed by atoms with Gasteiger partial charge < -0.3 is 15.9 Å². The van der Waals surface area contributed by atoms with Gasteiger partial charge in [0.1, 0.15) is 6.04 Å². The fourth-order valence-electron chi connectivity index (χ4n) is 3.21. The van der Waals surface area contributed by atoms with Crippen molar-refractivity contribution in [2.24, 2.45) is 11.7 Å². The highest BCUT2D eigenvalue weighted by Gasteiger charge is 2.24. The summed E-state index contributed by atoms with van der Waals surface area (Å²) in [5.41, 5.74) is 7.88. The van der Waals surface area contributed by atoms with Gasteiger partial charge in [-0.3, -0.25) is 9.59 Å². The summed E-state index contributed by atoms with van der Waals surface area (Å²) in [6.45, 7) is 0. The fourth-order valence-corrected chi connectivity index (χ4v) is 3.21. The van der Waals surface area contributed by atoms with Gasteiger partial charge in [-0.05, 0) is 30.4 Å². The Hall–Kier alpha value is -2.66. The van der Waals surface area contributed by atoms with Crippen molar-refractivity contribution in [2.75, 3.05) is 0 Å². The van der Waals surface area contributed by atoms with Crippen molar-refractivity contribution >= 4 is 11.9 Å². The molecule has 0 aliphatic heterocycles. The molecule has 0 fully saturated rings. The molecule has 0 radical (unpaired) electrons. The molecule has 138 valence electrons. The molecule has 0 unspecified atom stereocenters. The number of carboxylic acid groups (broad SMARTS) is 2. The zero-order valence-electron chi connectivity index (χ0n) is 14.6. The van der Waals surface area contributed by atoms with Gasteiger partial charge in [0.25, 0.3) is 0 Å². The molecule has 0 aliphatic rings. The number of rotatable bonds is 10. The summed E-state index contributed by atoms with van der Waals surface area (Å²) in [5.74, 6) is -2.71. The summed E-state index contributed by atoms with van der Waals surface area (Å²) in [7, 11) is 0. The minimum absolute atomic E-state index is 0.0496. The first-order valence-corrected chi connectivity index (χ1v) is 8.80. The van der Waals surface area contributed by atoms with E-state index in [0.29, 0.717) is 12.8 Å². The Morgan fingerprint density at radius 3 is 1.73 bits per heavy atom. The molecule has 0 amide bonds. The predicted octanol–water partition coefficient (Wildman–Crippen LogP) is 3.49. The normalized spacial score (nSPS) is 13.3. The SMILES string of the molecule is N[C@@H](C[C@@H](CCCC(c1ccccc1)c1ccccc1)C(=O)O)C(=O)O. The Labute approximate surface area is 153 Å². The largest absolute Gasteiger partial charge is 0.481 e.